The lowest BCUT2D eigenvalue weighted by Gasteiger charge is -1.99. The number of aryl methyl sites for hydroxylation is 1. The topological polar surface area (TPSA) is 29.9 Å². The van der Waals surface area contributed by atoms with E-state index in [4.69, 9.17) is 0 Å². The van der Waals surface area contributed by atoms with E-state index in [0.717, 1.165) is 19.6 Å². The van der Waals surface area contributed by atoms with E-state index < -0.39 is 0 Å². The molecule has 2 rings (SSSR count). The molecule has 0 aliphatic carbocycles. The van der Waals surface area contributed by atoms with E-state index in [2.05, 4.69) is 42.6 Å². The molecule has 4 heteroatoms. The lowest BCUT2D eigenvalue weighted by molar-refractivity contribution is 0.681. The normalized spacial score (nSPS) is 10.9. The summed E-state index contributed by atoms with van der Waals surface area (Å²) in [5.74, 6) is 0. The van der Waals surface area contributed by atoms with E-state index in [1.54, 1.807) is 0 Å². The number of hydrogen-bond donors (Lipinski definition) is 1. The van der Waals surface area contributed by atoms with Gasteiger partial charge in [-0.15, -0.1) is 11.3 Å². The van der Waals surface area contributed by atoms with Crippen LogP contribution in [0.15, 0.2) is 24.5 Å². The van der Waals surface area contributed by atoms with E-state index >= 15 is 0 Å². The Morgan fingerprint density at radius 2 is 2.18 bits per heavy atom. The van der Waals surface area contributed by atoms with Gasteiger partial charge in [-0.05, 0) is 37.6 Å². The number of nitrogens with zero attached hydrogens (tertiary/aromatic N) is 2. The Kier molecular flexibility index (Phi) is 4.34. The molecule has 0 atom stereocenters. The third-order valence-electron chi connectivity index (χ3n) is 2.52. The third-order valence-corrected chi connectivity index (χ3v) is 3.59. The van der Waals surface area contributed by atoms with Crippen molar-refractivity contribution in [2.24, 2.45) is 0 Å². The van der Waals surface area contributed by atoms with Crippen LogP contribution in [-0.2, 0) is 13.1 Å². The summed E-state index contributed by atoms with van der Waals surface area (Å²) >= 11 is 1.86. The van der Waals surface area contributed by atoms with Crippen molar-refractivity contribution in [3.63, 3.8) is 0 Å². The smallest absolute Gasteiger partial charge is 0.0752 e. The number of aromatic nitrogens is 2. The second-order valence-electron chi connectivity index (χ2n) is 4.26. The first-order valence-electron chi connectivity index (χ1n) is 6.05. The maximum Gasteiger partial charge on any atom is 0.0752 e. The third kappa shape index (κ3) is 3.68. The molecular formula is C13H19N3S. The van der Waals surface area contributed by atoms with Gasteiger partial charge in [-0.1, -0.05) is 6.92 Å². The molecule has 17 heavy (non-hydrogen) atoms. The minimum Gasteiger partial charge on any atom is -0.312 e. The second kappa shape index (κ2) is 5.98. The van der Waals surface area contributed by atoms with Crippen LogP contribution in [0.3, 0.4) is 0 Å². The van der Waals surface area contributed by atoms with Crippen LogP contribution in [0.2, 0.25) is 0 Å². The molecule has 3 nitrogen and oxygen atoms in total. The van der Waals surface area contributed by atoms with Crippen LogP contribution in [0.25, 0.3) is 0 Å². The highest BCUT2D eigenvalue weighted by Crippen LogP contribution is 2.17. The summed E-state index contributed by atoms with van der Waals surface area (Å²) in [6.45, 7) is 7.21. The van der Waals surface area contributed by atoms with Crippen LogP contribution in [0, 0.1) is 6.92 Å². The molecule has 2 heterocycles. The van der Waals surface area contributed by atoms with Crippen LogP contribution in [-0.4, -0.2) is 16.3 Å². The van der Waals surface area contributed by atoms with Gasteiger partial charge in [-0.2, -0.15) is 5.10 Å². The van der Waals surface area contributed by atoms with Crippen LogP contribution in [0.5, 0.6) is 0 Å². The van der Waals surface area contributed by atoms with E-state index in [0.29, 0.717) is 0 Å². The van der Waals surface area contributed by atoms with Gasteiger partial charge in [0.05, 0.1) is 12.7 Å². The Balaban J connectivity index is 1.89. The van der Waals surface area contributed by atoms with Gasteiger partial charge >= 0.3 is 0 Å². The second-order valence-corrected chi connectivity index (χ2v) is 5.51. The molecule has 2 aromatic heterocycles. The molecule has 0 amide bonds. The van der Waals surface area contributed by atoms with Gasteiger partial charge in [-0.25, -0.2) is 0 Å². The summed E-state index contributed by atoms with van der Waals surface area (Å²) in [5.41, 5.74) is 1.21. The Morgan fingerprint density at radius 3 is 2.88 bits per heavy atom. The van der Waals surface area contributed by atoms with Gasteiger partial charge in [0.15, 0.2) is 0 Å². The van der Waals surface area contributed by atoms with Crippen LogP contribution in [0.1, 0.15) is 28.7 Å². The average molecular weight is 249 g/mol. The van der Waals surface area contributed by atoms with Crippen LogP contribution < -0.4 is 5.32 Å². The first kappa shape index (κ1) is 12.3. The van der Waals surface area contributed by atoms with Crippen molar-refractivity contribution in [3.05, 3.63) is 39.8 Å². The zero-order valence-electron chi connectivity index (χ0n) is 10.4. The minimum atomic E-state index is 0.881. The van der Waals surface area contributed by atoms with E-state index in [-0.39, 0.29) is 0 Å². The Hall–Kier alpha value is -1.13. The molecule has 0 aliphatic rings. The van der Waals surface area contributed by atoms with Crippen LogP contribution >= 0.6 is 11.3 Å². The molecule has 0 fully saturated rings. The number of hydrogen-bond acceptors (Lipinski definition) is 3. The first-order valence-corrected chi connectivity index (χ1v) is 6.87. The van der Waals surface area contributed by atoms with Gasteiger partial charge in [0.1, 0.15) is 0 Å². The fourth-order valence-corrected chi connectivity index (χ4v) is 2.68. The first-order chi connectivity index (χ1) is 8.28. The van der Waals surface area contributed by atoms with Gasteiger partial charge in [-0.3, -0.25) is 4.68 Å². The summed E-state index contributed by atoms with van der Waals surface area (Å²) < 4.78 is 1.99. The molecule has 0 bridgehead atoms. The van der Waals surface area contributed by atoms with Gasteiger partial charge < -0.3 is 5.32 Å². The quantitative estimate of drug-likeness (QED) is 0.798. The lowest BCUT2D eigenvalue weighted by Crippen LogP contribution is -2.12. The highest BCUT2D eigenvalue weighted by atomic mass is 32.1. The molecule has 0 radical (unpaired) electrons. The molecule has 0 unspecified atom stereocenters. The van der Waals surface area contributed by atoms with Crippen molar-refractivity contribution in [3.8, 4) is 0 Å². The fraction of sp³-hybridized carbons (Fsp3) is 0.462. The maximum atomic E-state index is 4.30. The van der Waals surface area contributed by atoms with E-state index in [1.165, 1.54) is 21.7 Å². The van der Waals surface area contributed by atoms with E-state index in [1.807, 2.05) is 22.2 Å². The highest BCUT2D eigenvalue weighted by Gasteiger charge is 2.01. The van der Waals surface area contributed by atoms with Crippen molar-refractivity contribution in [1.29, 1.82) is 0 Å². The lowest BCUT2D eigenvalue weighted by atomic mass is 10.4. The summed E-state index contributed by atoms with van der Waals surface area (Å²) in [6, 6.07) is 4.41. The summed E-state index contributed by atoms with van der Waals surface area (Å²) in [5, 5.41) is 7.72. The molecule has 0 saturated heterocycles. The largest absolute Gasteiger partial charge is 0.312 e. The maximum absolute atomic E-state index is 4.30. The number of thiophene rings is 1. The van der Waals surface area contributed by atoms with Crippen LogP contribution in [0.4, 0.5) is 0 Å². The summed E-state index contributed by atoms with van der Waals surface area (Å²) in [4.78, 5) is 2.76. The Bertz CT molecular complexity index is 459. The van der Waals surface area contributed by atoms with Crippen molar-refractivity contribution < 1.29 is 0 Å². The van der Waals surface area contributed by atoms with Crippen molar-refractivity contribution in [2.75, 3.05) is 6.54 Å². The molecule has 0 saturated carbocycles. The molecule has 0 spiro atoms. The molecule has 1 N–H and O–H groups in total. The monoisotopic (exact) mass is 249 g/mol. The molecule has 0 aromatic carbocycles. The standard InChI is InChI=1S/C13H19N3S/c1-3-6-14-8-12-4-5-13(17-12)10-16-9-11(2)7-15-16/h4-5,7,9,14H,3,6,8,10H2,1-2H3. The van der Waals surface area contributed by atoms with Crippen molar-refractivity contribution in [1.82, 2.24) is 15.1 Å². The molecule has 92 valence electrons. The number of nitrogens with one attached hydrogen (secondary N) is 1. The minimum absolute atomic E-state index is 0.881. The Morgan fingerprint density at radius 1 is 1.35 bits per heavy atom. The van der Waals surface area contributed by atoms with Gasteiger partial charge in [0, 0.05) is 22.5 Å². The molecule has 0 aliphatic heterocycles. The highest BCUT2D eigenvalue weighted by molar-refractivity contribution is 7.11. The summed E-state index contributed by atoms with van der Waals surface area (Å²) in [7, 11) is 0. The van der Waals surface area contributed by atoms with Gasteiger partial charge in [0.2, 0.25) is 0 Å². The predicted molar refractivity (Wildman–Crippen MR) is 72.4 cm³/mol. The zero-order chi connectivity index (χ0) is 12.1. The van der Waals surface area contributed by atoms with E-state index in [9.17, 15) is 0 Å². The summed E-state index contributed by atoms with van der Waals surface area (Å²) in [6.07, 6.45) is 5.16. The molecular weight excluding hydrogens is 230 g/mol. The number of rotatable bonds is 6. The van der Waals surface area contributed by atoms with Crippen molar-refractivity contribution in [2.45, 2.75) is 33.4 Å². The fourth-order valence-electron chi connectivity index (χ4n) is 1.70. The van der Waals surface area contributed by atoms with Crippen molar-refractivity contribution >= 4 is 11.3 Å². The predicted octanol–water partition coefficient (Wildman–Crippen LogP) is 2.80. The average Bonchev–Trinajstić information content (AvgIpc) is 2.90. The molecule has 2 aromatic rings. The zero-order valence-corrected chi connectivity index (χ0v) is 11.3. The Labute approximate surface area is 106 Å². The van der Waals surface area contributed by atoms with Gasteiger partial charge in [0.25, 0.3) is 0 Å². The SMILES string of the molecule is CCCNCc1ccc(Cn2cc(C)cn2)s1.